The Labute approximate surface area is 152 Å². The molecule has 26 heavy (non-hydrogen) atoms. The van der Waals surface area contributed by atoms with Gasteiger partial charge in [-0.25, -0.2) is 9.59 Å². The molecule has 2 aromatic rings. The zero-order valence-electron chi connectivity index (χ0n) is 15.4. The van der Waals surface area contributed by atoms with Crippen LogP contribution in [0.15, 0.2) is 30.5 Å². The van der Waals surface area contributed by atoms with Crippen LogP contribution in [0.3, 0.4) is 0 Å². The van der Waals surface area contributed by atoms with Crippen LogP contribution in [0.5, 0.6) is 0 Å². The van der Waals surface area contributed by atoms with Crippen molar-refractivity contribution in [3.8, 4) is 0 Å². The lowest BCUT2D eigenvalue weighted by molar-refractivity contribution is -0.147. The fourth-order valence-corrected chi connectivity index (χ4v) is 2.72. The molecule has 2 atom stereocenters. The SMILES string of the molecule is CCC(C)C(NC(=O)COC(=O)c1cn(C)c2ccccc12)C(=O)OC. The zero-order chi connectivity index (χ0) is 19.3. The van der Waals surface area contributed by atoms with Crippen LogP contribution < -0.4 is 5.32 Å². The molecule has 1 N–H and O–H groups in total. The fraction of sp³-hybridized carbons (Fsp3) is 0.421. The van der Waals surface area contributed by atoms with Crippen molar-refractivity contribution in [3.05, 3.63) is 36.0 Å². The standard InChI is InChI=1S/C19H24N2O5/c1-5-12(2)17(19(24)25-4)20-16(22)11-26-18(23)14-10-21(3)15-9-7-6-8-13(14)15/h6-10,12,17H,5,11H2,1-4H3,(H,20,22). The molecule has 0 radical (unpaired) electrons. The maximum atomic E-state index is 12.3. The van der Waals surface area contributed by atoms with E-state index < -0.39 is 30.5 Å². The molecule has 0 aliphatic carbocycles. The molecular weight excluding hydrogens is 336 g/mol. The van der Waals surface area contributed by atoms with Gasteiger partial charge in [0.1, 0.15) is 6.04 Å². The van der Waals surface area contributed by atoms with Gasteiger partial charge in [0.05, 0.1) is 12.7 Å². The zero-order valence-corrected chi connectivity index (χ0v) is 15.4. The van der Waals surface area contributed by atoms with Gasteiger partial charge in [-0.05, 0) is 12.0 Å². The van der Waals surface area contributed by atoms with Gasteiger partial charge in [-0.15, -0.1) is 0 Å². The molecule has 0 fully saturated rings. The number of carbonyl (C=O) groups excluding carboxylic acids is 3. The summed E-state index contributed by atoms with van der Waals surface area (Å²) >= 11 is 0. The third-order valence-corrected chi connectivity index (χ3v) is 4.44. The maximum absolute atomic E-state index is 12.3. The van der Waals surface area contributed by atoms with Crippen molar-refractivity contribution in [1.29, 1.82) is 0 Å². The Balaban J connectivity index is 2.01. The lowest BCUT2D eigenvalue weighted by Gasteiger charge is -2.21. The number of benzene rings is 1. The van der Waals surface area contributed by atoms with E-state index in [0.717, 1.165) is 10.9 Å². The molecule has 2 unspecified atom stereocenters. The maximum Gasteiger partial charge on any atom is 0.340 e. The first-order valence-corrected chi connectivity index (χ1v) is 8.47. The summed E-state index contributed by atoms with van der Waals surface area (Å²) in [6.07, 6.45) is 2.36. The van der Waals surface area contributed by atoms with Crippen molar-refractivity contribution in [1.82, 2.24) is 9.88 Å². The number of hydrogen-bond acceptors (Lipinski definition) is 5. The third kappa shape index (κ3) is 4.22. The fourth-order valence-electron chi connectivity index (χ4n) is 2.72. The third-order valence-electron chi connectivity index (χ3n) is 4.44. The summed E-state index contributed by atoms with van der Waals surface area (Å²) in [5.74, 6) is -1.75. The smallest absolute Gasteiger partial charge is 0.340 e. The number of nitrogens with one attached hydrogen (secondary N) is 1. The topological polar surface area (TPSA) is 86.6 Å². The van der Waals surface area contributed by atoms with Gasteiger partial charge in [0.2, 0.25) is 0 Å². The molecule has 7 nitrogen and oxygen atoms in total. The van der Waals surface area contributed by atoms with E-state index in [-0.39, 0.29) is 5.92 Å². The number of amides is 1. The molecule has 0 spiro atoms. The number of carbonyl (C=O) groups is 3. The number of hydrogen-bond donors (Lipinski definition) is 1. The van der Waals surface area contributed by atoms with Gasteiger partial charge in [0.25, 0.3) is 5.91 Å². The second kappa shape index (κ2) is 8.51. The van der Waals surface area contributed by atoms with Crippen molar-refractivity contribution >= 4 is 28.7 Å². The number of aromatic nitrogens is 1. The molecule has 0 aliphatic rings. The van der Waals surface area contributed by atoms with Crippen LogP contribution in [-0.2, 0) is 26.1 Å². The molecule has 1 amide bonds. The molecule has 1 aromatic carbocycles. The molecule has 1 aromatic heterocycles. The van der Waals surface area contributed by atoms with E-state index in [0.29, 0.717) is 12.0 Å². The Bertz CT molecular complexity index is 811. The van der Waals surface area contributed by atoms with E-state index in [1.807, 2.05) is 49.7 Å². The van der Waals surface area contributed by atoms with Gasteiger partial charge in [-0.2, -0.15) is 0 Å². The number of nitrogens with zero attached hydrogens (tertiary/aromatic N) is 1. The quantitative estimate of drug-likeness (QED) is 0.764. The number of aryl methyl sites for hydroxylation is 1. The average Bonchev–Trinajstić information content (AvgIpc) is 3.00. The van der Waals surface area contributed by atoms with E-state index in [9.17, 15) is 14.4 Å². The van der Waals surface area contributed by atoms with Gasteiger partial charge in [-0.1, -0.05) is 38.5 Å². The Kier molecular flexibility index (Phi) is 6.38. The van der Waals surface area contributed by atoms with Crippen LogP contribution in [0.2, 0.25) is 0 Å². The minimum absolute atomic E-state index is 0.0971. The highest BCUT2D eigenvalue weighted by Crippen LogP contribution is 2.21. The van der Waals surface area contributed by atoms with E-state index >= 15 is 0 Å². The summed E-state index contributed by atoms with van der Waals surface area (Å²) in [6, 6.07) is 6.66. The molecule has 1 heterocycles. The van der Waals surface area contributed by atoms with Gasteiger partial charge in [0, 0.05) is 24.1 Å². The summed E-state index contributed by atoms with van der Waals surface area (Å²) in [5, 5.41) is 3.33. The number of methoxy groups -OCH3 is 1. The Morgan fingerprint density at radius 3 is 2.58 bits per heavy atom. The van der Waals surface area contributed by atoms with E-state index in [4.69, 9.17) is 9.47 Å². The molecule has 140 valence electrons. The van der Waals surface area contributed by atoms with Crippen molar-refractivity contribution in [3.63, 3.8) is 0 Å². The molecule has 0 aliphatic heterocycles. The number of fused-ring (bicyclic) bond motifs is 1. The summed E-state index contributed by atoms with van der Waals surface area (Å²) in [5.41, 5.74) is 1.29. The highest BCUT2D eigenvalue weighted by molar-refractivity contribution is 6.04. The largest absolute Gasteiger partial charge is 0.467 e. The van der Waals surface area contributed by atoms with E-state index in [1.54, 1.807) is 6.20 Å². The second-order valence-corrected chi connectivity index (χ2v) is 6.20. The number of rotatable bonds is 7. The molecule has 0 bridgehead atoms. The molecule has 0 saturated carbocycles. The summed E-state index contributed by atoms with van der Waals surface area (Å²) in [4.78, 5) is 36.2. The summed E-state index contributed by atoms with van der Waals surface area (Å²) in [6.45, 7) is 3.28. The highest BCUT2D eigenvalue weighted by Gasteiger charge is 2.27. The normalized spacial score (nSPS) is 13.1. The minimum Gasteiger partial charge on any atom is -0.467 e. The van der Waals surface area contributed by atoms with Crippen LogP contribution in [0.4, 0.5) is 0 Å². The van der Waals surface area contributed by atoms with Crippen LogP contribution in [0.1, 0.15) is 30.6 Å². The second-order valence-electron chi connectivity index (χ2n) is 6.20. The van der Waals surface area contributed by atoms with Crippen molar-refractivity contribution < 1.29 is 23.9 Å². The molecule has 2 rings (SSSR count). The molecule has 7 heteroatoms. The lowest BCUT2D eigenvalue weighted by atomic mass is 9.99. The minimum atomic E-state index is -0.770. The van der Waals surface area contributed by atoms with Gasteiger partial charge >= 0.3 is 11.9 Å². The van der Waals surface area contributed by atoms with Gasteiger partial charge in [-0.3, -0.25) is 4.79 Å². The average molecular weight is 360 g/mol. The van der Waals surface area contributed by atoms with Gasteiger partial charge in [0.15, 0.2) is 6.61 Å². The number of esters is 2. The predicted molar refractivity (Wildman–Crippen MR) is 96.6 cm³/mol. The Hall–Kier alpha value is -2.83. The lowest BCUT2D eigenvalue weighted by Crippen LogP contribution is -2.47. The molecule has 0 saturated heterocycles. The summed E-state index contributed by atoms with van der Waals surface area (Å²) in [7, 11) is 3.10. The Morgan fingerprint density at radius 2 is 1.92 bits per heavy atom. The Morgan fingerprint density at radius 1 is 1.23 bits per heavy atom. The van der Waals surface area contributed by atoms with Crippen LogP contribution in [0.25, 0.3) is 10.9 Å². The first-order valence-electron chi connectivity index (χ1n) is 8.47. The van der Waals surface area contributed by atoms with Crippen molar-refractivity contribution in [2.24, 2.45) is 13.0 Å². The van der Waals surface area contributed by atoms with Crippen LogP contribution >= 0.6 is 0 Å². The van der Waals surface area contributed by atoms with Crippen molar-refractivity contribution in [2.45, 2.75) is 26.3 Å². The summed E-state index contributed by atoms with van der Waals surface area (Å²) < 4.78 is 11.7. The number of ether oxygens (including phenoxy) is 2. The monoisotopic (exact) mass is 360 g/mol. The van der Waals surface area contributed by atoms with Crippen molar-refractivity contribution in [2.75, 3.05) is 13.7 Å². The van der Waals surface area contributed by atoms with Crippen LogP contribution in [-0.4, -0.2) is 42.2 Å². The van der Waals surface area contributed by atoms with E-state index in [1.165, 1.54) is 7.11 Å². The first kappa shape index (κ1) is 19.5. The first-order chi connectivity index (χ1) is 12.4. The van der Waals surface area contributed by atoms with Gasteiger partial charge < -0.3 is 19.4 Å². The highest BCUT2D eigenvalue weighted by atomic mass is 16.5. The molecular formula is C19H24N2O5. The number of para-hydroxylation sites is 1. The van der Waals surface area contributed by atoms with Crippen LogP contribution in [0, 0.1) is 5.92 Å². The predicted octanol–water partition coefficient (Wildman–Crippen LogP) is 2.04. The van der Waals surface area contributed by atoms with E-state index in [2.05, 4.69) is 5.32 Å².